The van der Waals surface area contributed by atoms with E-state index in [1.54, 1.807) is 14.2 Å². The van der Waals surface area contributed by atoms with E-state index in [1.165, 1.54) is 0 Å². The summed E-state index contributed by atoms with van der Waals surface area (Å²) in [4.78, 5) is 2.04. The second kappa shape index (κ2) is 5.46. The number of methoxy groups -OCH3 is 2. The van der Waals surface area contributed by atoms with Gasteiger partial charge in [-0.15, -0.1) is 0 Å². The van der Waals surface area contributed by atoms with Gasteiger partial charge in [-0.05, 0) is 44.3 Å². The van der Waals surface area contributed by atoms with Crippen LogP contribution in [0, 0.1) is 6.92 Å². The molecule has 1 aromatic rings. The number of hydrogen-bond donors (Lipinski definition) is 1. The third-order valence-electron chi connectivity index (χ3n) is 2.54. The number of thiol groups is 1. The Hall–Kier alpha value is -0.870. The highest BCUT2D eigenvalue weighted by Gasteiger charge is 2.15. The molecule has 1 rings (SSSR count). The van der Waals surface area contributed by atoms with E-state index in [0.717, 1.165) is 22.6 Å². The summed E-state index contributed by atoms with van der Waals surface area (Å²) in [6.07, 6.45) is 0. The van der Waals surface area contributed by atoms with Crippen molar-refractivity contribution in [2.24, 2.45) is 0 Å². The second-order valence-corrected chi connectivity index (χ2v) is 4.39. The summed E-state index contributed by atoms with van der Waals surface area (Å²) in [5.74, 6) is 1.49. The molecule has 0 fully saturated rings. The van der Waals surface area contributed by atoms with Crippen LogP contribution in [0.2, 0.25) is 0 Å². The number of ether oxygens (including phenoxy) is 2. The van der Waals surface area contributed by atoms with E-state index >= 15 is 0 Å². The standard InChI is InChI=1S/C12H19NO2S/c1-8-6-10(14-4)11(15-5)7-9(8)12(16)13(2)3/h6-7,12,16H,1-5H3. The summed E-state index contributed by atoms with van der Waals surface area (Å²) in [5, 5.41) is 0.0554. The minimum Gasteiger partial charge on any atom is -0.493 e. The predicted octanol–water partition coefficient (Wildman–Crippen LogP) is 2.50. The molecule has 0 spiro atoms. The molecular weight excluding hydrogens is 222 g/mol. The average Bonchev–Trinajstić information content (AvgIpc) is 2.27. The molecule has 0 bridgehead atoms. The zero-order chi connectivity index (χ0) is 12.3. The van der Waals surface area contributed by atoms with Crippen LogP contribution in [-0.2, 0) is 0 Å². The summed E-state index contributed by atoms with van der Waals surface area (Å²) in [6, 6.07) is 3.95. The van der Waals surface area contributed by atoms with Gasteiger partial charge < -0.3 is 9.47 Å². The number of aryl methyl sites for hydroxylation is 1. The molecule has 1 aromatic carbocycles. The molecule has 0 aliphatic rings. The lowest BCUT2D eigenvalue weighted by molar-refractivity contribution is 0.351. The lowest BCUT2D eigenvalue weighted by Gasteiger charge is -2.22. The third kappa shape index (κ3) is 2.62. The molecule has 0 aromatic heterocycles. The summed E-state index contributed by atoms with van der Waals surface area (Å²) < 4.78 is 10.5. The van der Waals surface area contributed by atoms with Crippen LogP contribution in [0.25, 0.3) is 0 Å². The summed E-state index contributed by atoms with van der Waals surface area (Å²) in [6.45, 7) is 2.05. The molecule has 0 saturated heterocycles. The van der Waals surface area contributed by atoms with Gasteiger partial charge in [0, 0.05) is 0 Å². The molecule has 16 heavy (non-hydrogen) atoms. The first-order chi connectivity index (χ1) is 7.51. The van der Waals surface area contributed by atoms with Crippen molar-refractivity contribution >= 4 is 12.6 Å². The van der Waals surface area contributed by atoms with Crippen LogP contribution in [0.5, 0.6) is 11.5 Å². The van der Waals surface area contributed by atoms with Gasteiger partial charge in [0.15, 0.2) is 11.5 Å². The van der Waals surface area contributed by atoms with E-state index in [-0.39, 0.29) is 5.37 Å². The molecule has 4 heteroatoms. The Kier molecular flexibility index (Phi) is 4.50. The van der Waals surface area contributed by atoms with Crippen molar-refractivity contribution in [1.29, 1.82) is 0 Å². The number of nitrogens with zero attached hydrogens (tertiary/aromatic N) is 1. The van der Waals surface area contributed by atoms with Crippen LogP contribution in [0.1, 0.15) is 16.5 Å². The Balaban J connectivity index is 3.21. The highest BCUT2D eigenvalue weighted by Crippen LogP contribution is 2.35. The van der Waals surface area contributed by atoms with E-state index in [0.29, 0.717) is 0 Å². The van der Waals surface area contributed by atoms with Gasteiger partial charge in [-0.1, -0.05) is 0 Å². The number of rotatable bonds is 4. The highest BCUT2D eigenvalue weighted by atomic mass is 32.1. The van der Waals surface area contributed by atoms with Crippen molar-refractivity contribution in [1.82, 2.24) is 4.90 Å². The van der Waals surface area contributed by atoms with Gasteiger partial charge in [-0.2, -0.15) is 12.6 Å². The second-order valence-electron chi connectivity index (χ2n) is 3.90. The van der Waals surface area contributed by atoms with Crippen LogP contribution in [-0.4, -0.2) is 33.2 Å². The molecule has 0 amide bonds. The Bertz CT molecular complexity index is 366. The lowest BCUT2D eigenvalue weighted by atomic mass is 10.1. The van der Waals surface area contributed by atoms with E-state index in [9.17, 15) is 0 Å². The molecule has 0 saturated carbocycles. The van der Waals surface area contributed by atoms with Gasteiger partial charge in [0.05, 0.1) is 19.6 Å². The minimum absolute atomic E-state index is 0.0554. The number of hydrogen-bond acceptors (Lipinski definition) is 4. The fourth-order valence-corrected chi connectivity index (χ4v) is 1.83. The molecule has 0 radical (unpaired) electrons. The molecule has 90 valence electrons. The van der Waals surface area contributed by atoms with Crippen LogP contribution in [0.3, 0.4) is 0 Å². The van der Waals surface area contributed by atoms with Crippen LogP contribution in [0.15, 0.2) is 12.1 Å². The average molecular weight is 241 g/mol. The van der Waals surface area contributed by atoms with Gasteiger partial charge >= 0.3 is 0 Å². The maximum absolute atomic E-state index is 5.28. The smallest absolute Gasteiger partial charge is 0.161 e. The Morgan fingerprint density at radius 2 is 1.62 bits per heavy atom. The maximum Gasteiger partial charge on any atom is 0.161 e. The molecule has 1 atom stereocenters. The lowest BCUT2D eigenvalue weighted by Crippen LogP contribution is -2.16. The molecule has 3 nitrogen and oxygen atoms in total. The van der Waals surface area contributed by atoms with Gasteiger partial charge in [-0.25, -0.2) is 0 Å². The zero-order valence-corrected chi connectivity index (χ0v) is 11.3. The zero-order valence-electron chi connectivity index (χ0n) is 10.4. The van der Waals surface area contributed by atoms with Crippen molar-refractivity contribution in [2.45, 2.75) is 12.3 Å². The Morgan fingerprint density at radius 1 is 1.12 bits per heavy atom. The maximum atomic E-state index is 5.28. The van der Waals surface area contributed by atoms with E-state index in [1.807, 2.05) is 38.1 Å². The van der Waals surface area contributed by atoms with Crippen LogP contribution in [0.4, 0.5) is 0 Å². The van der Waals surface area contributed by atoms with Crippen molar-refractivity contribution in [2.75, 3.05) is 28.3 Å². The number of benzene rings is 1. The van der Waals surface area contributed by atoms with Gasteiger partial charge in [0.1, 0.15) is 0 Å². The molecule has 0 N–H and O–H groups in total. The van der Waals surface area contributed by atoms with Crippen molar-refractivity contribution < 1.29 is 9.47 Å². The van der Waals surface area contributed by atoms with Crippen molar-refractivity contribution in [3.63, 3.8) is 0 Å². The van der Waals surface area contributed by atoms with E-state index < -0.39 is 0 Å². The normalized spacial score (nSPS) is 12.7. The topological polar surface area (TPSA) is 21.7 Å². The van der Waals surface area contributed by atoms with E-state index in [2.05, 4.69) is 12.6 Å². The Morgan fingerprint density at radius 3 is 2.06 bits per heavy atom. The first-order valence-electron chi connectivity index (χ1n) is 5.08. The van der Waals surface area contributed by atoms with Gasteiger partial charge in [0.25, 0.3) is 0 Å². The molecule has 1 unspecified atom stereocenters. The summed E-state index contributed by atoms with van der Waals surface area (Å²) in [7, 11) is 7.27. The predicted molar refractivity (Wildman–Crippen MR) is 69.7 cm³/mol. The van der Waals surface area contributed by atoms with Gasteiger partial charge in [-0.3, -0.25) is 4.90 Å². The summed E-state index contributed by atoms with van der Waals surface area (Å²) >= 11 is 4.56. The molecule has 0 aliphatic heterocycles. The SMILES string of the molecule is COc1cc(C)c(C(S)N(C)C)cc1OC. The monoisotopic (exact) mass is 241 g/mol. The Labute approximate surface area is 103 Å². The van der Waals surface area contributed by atoms with E-state index in [4.69, 9.17) is 9.47 Å². The van der Waals surface area contributed by atoms with Crippen LogP contribution >= 0.6 is 12.6 Å². The fourth-order valence-electron chi connectivity index (χ4n) is 1.55. The van der Waals surface area contributed by atoms with Crippen molar-refractivity contribution in [3.8, 4) is 11.5 Å². The quantitative estimate of drug-likeness (QED) is 0.646. The van der Waals surface area contributed by atoms with Crippen molar-refractivity contribution in [3.05, 3.63) is 23.3 Å². The highest BCUT2D eigenvalue weighted by molar-refractivity contribution is 7.80. The molecular formula is C12H19NO2S. The fraction of sp³-hybridized carbons (Fsp3) is 0.500. The molecule has 0 heterocycles. The summed E-state index contributed by atoms with van der Waals surface area (Å²) in [5.41, 5.74) is 2.28. The first-order valence-corrected chi connectivity index (χ1v) is 5.60. The molecule has 0 aliphatic carbocycles. The largest absolute Gasteiger partial charge is 0.493 e. The van der Waals surface area contributed by atoms with Crippen LogP contribution < -0.4 is 9.47 Å². The minimum atomic E-state index is 0.0554. The first kappa shape index (κ1) is 13.2. The van der Waals surface area contributed by atoms with Gasteiger partial charge in [0.2, 0.25) is 0 Å². The third-order valence-corrected chi connectivity index (χ3v) is 3.28.